The van der Waals surface area contributed by atoms with Crippen molar-refractivity contribution in [2.24, 2.45) is 0 Å². The molecule has 0 bridgehead atoms. The summed E-state index contributed by atoms with van der Waals surface area (Å²) in [4.78, 5) is 16.8. The molecule has 0 spiro atoms. The third-order valence-corrected chi connectivity index (χ3v) is 4.81. The van der Waals surface area contributed by atoms with Crippen molar-refractivity contribution < 1.29 is 4.79 Å². The summed E-state index contributed by atoms with van der Waals surface area (Å²) in [6.45, 7) is 4.64. The number of carbonyl (C=O) groups excluding carboxylic acids is 1. The number of benzene rings is 1. The highest BCUT2D eigenvalue weighted by atomic mass is 32.1. The van der Waals surface area contributed by atoms with Crippen LogP contribution < -0.4 is 5.32 Å². The molecular weight excluding hydrogens is 318 g/mol. The van der Waals surface area contributed by atoms with Gasteiger partial charge in [-0.1, -0.05) is 30.3 Å². The van der Waals surface area contributed by atoms with Crippen molar-refractivity contribution in [2.45, 2.75) is 26.7 Å². The fourth-order valence-corrected chi connectivity index (χ4v) is 3.60. The SMILES string of the molecule is Cc1cc(C(=O)NCCCc2ccccc2)c(C)n1-c1nccs1. The van der Waals surface area contributed by atoms with Crippen LogP contribution in [0.15, 0.2) is 48.0 Å². The lowest BCUT2D eigenvalue weighted by atomic mass is 10.1. The van der Waals surface area contributed by atoms with E-state index in [2.05, 4.69) is 22.4 Å². The van der Waals surface area contributed by atoms with Gasteiger partial charge in [-0.05, 0) is 38.3 Å². The summed E-state index contributed by atoms with van der Waals surface area (Å²) in [7, 11) is 0. The van der Waals surface area contributed by atoms with Crippen molar-refractivity contribution in [2.75, 3.05) is 6.54 Å². The Bertz CT molecular complexity index is 807. The molecule has 0 aliphatic heterocycles. The number of carbonyl (C=O) groups is 1. The van der Waals surface area contributed by atoms with Gasteiger partial charge in [-0.3, -0.25) is 9.36 Å². The van der Waals surface area contributed by atoms with Crippen molar-refractivity contribution in [1.29, 1.82) is 0 Å². The monoisotopic (exact) mass is 339 g/mol. The molecule has 0 saturated carbocycles. The maximum absolute atomic E-state index is 12.5. The first-order valence-electron chi connectivity index (χ1n) is 8.08. The average molecular weight is 339 g/mol. The number of nitrogens with zero attached hydrogens (tertiary/aromatic N) is 2. The van der Waals surface area contributed by atoms with E-state index in [4.69, 9.17) is 0 Å². The summed E-state index contributed by atoms with van der Waals surface area (Å²) in [5.41, 5.74) is 3.98. The Balaban J connectivity index is 1.60. The van der Waals surface area contributed by atoms with E-state index in [-0.39, 0.29) is 5.91 Å². The van der Waals surface area contributed by atoms with Crippen molar-refractivity contribution in [3.05, 3.63) is 70.5 Å². The van der Waals surface area contributed by atoms with Gasteiger partial charge in [0.2, 0.25) is 0 Å². The number of amides is 1. The normalized spacial score (nSPS) is 10.8. The molecule has 0 unspecified atom stereocenters. The highest BCUT2D eigenvalue weighted by Crippen LogP contribution is 2.22. The Kier molecular flexibility index (Phi) is 5.11. The van der Waals surface area contributed by atoms with Crippen molar-refractivity contribution in [1.82, 2.24) is 14.9 Å². The second-order valence-corrected chi connectivity index (χ2v) is 6.65. The van der Waals surface area contributed by atoms with Crippen molar-refractivity contribution in [3.63, 3.8) is 0 Å². The van der Waals surface area contributed by atoms with Gasteiger partial charge in [0, 0.05) is 29.5 Å². The minimum absolute atomic E-state index is 0.0148. The first kappa shape index (κ1) is 16.5. The molecule has 0 aliphatic carbocycles. The molecule has 1 aromatic carbocycles. The second-order valence-electron chi connectivity index (χ2n) is 5.78. The number of aromatic nitrogens is 2. The van der Waals surface area contributed by atoms with Gasteiger partial charge in [0.1, 0.15) is 0 Å². The summed E-state index contributed by atoms with van der Waals surface area (Å²) in [6.07, 6.45) is 3.68. The fourth-order valence-electron chi connectivity index (χ4n) is 2.85. The molecule has 5 heteroatoms. The third kappa shape index (κ3) is 3.57. The summed E-state index contributed by atoms with van der Waals surface area (Å²) < 4.78 is 2.03. The van der Waals surface area contributed by atoms with Crippen LogP contribution in [0.25, 0.3) is 5.13 Å². The van der Waals surface area contributed by atoms with E-state index in [0.717, 1.165) is 34.9 Å². The van der Waals surface area contributed by atoms with Crippen LogP contribution >= 0.6 is 11.3 Å². The first-order valence-corrected chi connectivity index (χ1v) is 8.95. The van der Waals surface area contributed by atoms with Gasteiger partial charge >= 0.3 is 0 Å². The molecule has 0 saturated heterocycles. The number of rotatable bonds is 6. The minimum Gasteiger partial charge on any atom is -0.352 e. The second kappa shape index (κ2) is 7.45. The van der Waals surface area contributed by atoms with Gasteiger partial charge in [-0.25, -0.2) is 4.98 Å². The predicted molar refractivity (Wildman–Crippen MR) is 98.0 cm³/mol. The summed E-state index contributed by atoms with van der Waals surface area (Å²) in [5.74, 6) is -0.0148. The standard InChI is InChI=1S/C19H21N3OS/c1-14-13-17(15(2)22(14)19-21-11-12-24-19)18(23)20-10-6-9-16-7-4-3-5-8-16/h3-5,7-8,11-13H,6,9-10H2,1-2H3,(H,20,23). The molecule has 2 aromatic heterocycles. The van der Waals surface area contributed by atoms with Gasteiger partial charge in [0.05, 0.1) is 5.56 Å². The topological polar surface area (TPSA) is 46.9 Å². The Morgan fingerprint density at radius 2 is 2.04 bits per heavy atom. The molecule has 124 valence electrons. The maximum Gasteiger partial charge on any atom is 0.253 e. The third-order valence-electron chi connectivity index (χ3n) is 4.06. The smallest absolute Gasteiger partial charge is 0.253 e. The fraction of sp³-hybridized carbons (Fsp3) is 0.263. The van der Waals surface area contributed by atoms with Gasteiger partial charge in [0.25, 0.3) is 5.91 Å². The quantitative estimate of drug-likeness (QED) is 0.692. The number of hydrogen-bond acceptors (Lipinski definition) is 3. The molecule has 1 N–H and O–H groups in total. The van der Waals surface area contributed by atoms with E-state index < -0.39 is 0 Å². The summed E-state index contributed by atoms with van der Waals surface area (Å²) >= 11 is 1.57. The molecule has 4 nitrogen and oxygen atoms in total. The molecule has 0 radical (unpaired) electrons. The maximum atomic E-state index is 12.5. The van der Waals surface area contributed by atoms with Crippen LogP contribution in [0.5, 0.6) is 0 Å². The molecular formula is C19H21N3OS. The number of nitrogens with one attached hydrogen (secondary N) is 1. The van der Waals surface area contributed by atoms with Crippen LogP contribution in [0, 0.1) is 13.8 Å². The van der Waals surface area contributed by atoms with E-state index in [1.807, 2.05) is 48.1 Å². The molecule has 0 fully saturated rings. The van der Waals surface area contributed by atoms with Gasteiger partial charge in [-0.2, -0.15) is 0 Å². The zero-order valence-electron chi connectivity index (χ0n) is 14.0. The Morgan fingerprint density at radius 1 is 1.25 bits per heavy atom. The summed E-state index contributed by atoms with van der Waals surface area (Å²) in [6, 6.07) is 12.3. The minimum atomic E-state index is -0.0148. The Hall–Kier alpha value is -2.40. The average Bonchev–Trinajstić information content (AvgIpc) is 3.20. The van der Waals surface area contributed by atoms with Gasteiger partial charge < -0.3 is 5.32 Å². The van der Waals surface area contributed by atoms with Crippen LogP contribution in [0.4, 0.5) is 0 Å². The highest BCUT2D eigenvalue weighted by molar-refractivity contribution is 7.12. The molecule has 0 atom stereocenters. The van der Waals surface area contributed by atoms with Crippen molar-refractivity contribution in [3.8, 4) is 5.13 Å². The van der Waals surface area contributed by atoms with E-state index in [1.165, 1.54) is 5.56 Å². The van der Waals surface area contributed by atoms with Gasteiger partial charge in [0.15, 0.2) is 5.13 Å². The van der Waals surface area contributed by atoms with E-state index >= 15 is 0 Å². The zero-order valence-corrected chi connectivity index (χ0v) is 14.8. The number of aryl methyl sites for hydroxylation is 2. The van der Waals surface area contributed by atoms with Crippen LogP contribution in [-0.2, 0) is 6.42 Å². The van der Waals surface area contributed by atoms with E-state index in [9.17, 15) is 4.79 Å². The number of thiazole rings is 1. The highest BCUT2D eigenvalue weighted by Gasteiger charge is 2.17. The molecule has 2 heterocycles. The lowest BCUT2D eigenvalue weighted by Gasteiger charge is -2.07. The predicted octanol–water partition coefficient (Wildman–Crippen LogP) is 3.91. The van der Waals surface area contributed by atoms with Crippen LogP contribution in [0.3, 0.4) is 0 Å². The van der Waals surface area contributed by atoms with Gasteiger partial charge in [-0.15, -0.1) is 11.3 Å². The molecule has 24 heavy (non-hydrogen) atoms. The Labute approximate surface area is 146 Å². The first-order chi connectivity index (χ1) is 11.7. The Morgan fingerprint density at radius 3 is 2.75 bits per heavy atom. The largest absolute Gasteiger partial charge is 0.352 e. The van der Waals surface area contributed by atoms with Crippen LogP contribution in [0.1, 0.15) is 33.7 Å². The molecule has 0 aliphatic rings. The molecule has 1 amide bonds. The molecule has 3 rings (SSSR count). The van der Waals surface area contributed by atoms with Crippen molar-refractivity contribution >= 4 is 17.2 Å². The lowest BCUT2D eigenvalue weighted by molar-refractivity contribution is 0.0952. The zero-order chi connectivity index (χ0) is 16.9. The van der Waals surface area contributed by atoms with E-state index in [1.54, 1.807) is 17.5 Å². The van der Waals surface area contributed by atoms with Crippen LogP contribution in [0.2, 0.25) is 0 Å². The molecule has 3 aromatic rings. The van der Waals surface area contributed by atoms with Crippen LogP contribution in [-0.4, -0.2) is 22.0 Å². The summed E-state index contributed by atoms with van der Waals surface area (Å²) in [5, 5.41) is 5.87. The number of hydrogen-bond donors (Lipinski definition) is 1. The van der Waals surface area contributed by atoms with E-state index in [0.29, 0.717) is 6.54 Å². The lowest BCUT2D eigenvalue weighted by Crippen LogP contribution is -2.25.